The Labute approximate surface area is 114 Å². The van der Waals surface area contributed by atoms with E-state index in [1.165, 1.54) is 16.3 Å². The maximum Gasteiger partial charge on any atom is 0.146 e. The van der Waals surface area contributed by atoms with Crippen molar-refractivity contribution in [2.45, 2.75) is 32.7 Å². The van der Waals surface area contributed by atoms with Gasteiger partial charge >= 0.3 is 0 Å². The summed E-state index contributed by atoms with van der Waals surface area (Å²) < 4.78 is 0. The van der Waals surface area contributed by atoms with Gasteiger partial charge in [-0.25, -0.2) is 0 Å². The van der Waals surface area contributed by atoms with Crippen LogP contribution in [0.2, 0.25) is 0 Å². The lowest BCUT2D eigenvalue weighted by Gasteiger charge is -2.27. The molecule has 0 atom stereocenters. The SMILES string of the molecule is CCC(=O)CNC(C)(C)c1ccc2ccccc2c1. The van der Waals surface area contributed by atoms with Gasteiger partial charge in [0.1, 0.15) is 5.78 Å². The molecule has 0 amide bonds. The molecule has 0 aliphatic carbocycles. The van der Waals surface area contributed by atoms with Crippen LogP contribution in [-0.4, -0.2) is 12.3 Å². The Morgan fingerprint density at radius 1 is 1.11 bits per heavy atom. The topological polar surface area (TPSA) is 29.1 Å². The number of hydrogen-bond acceptors (Lipinski definition) is 2. The van der Waals surface area contributed by atoms with E-state index in [0.29, 0.717) is 13.0 Å². The first kappa shape index (κ1) is 13.8. The first-order chi connectivity index (χ1) is 9.03. The van der Waals surface area contributed by atoms with Crippen molar-refractivity contribution in [3.05, 3.63) is 48.0 Å². The van der Waals surface area contributed by atoms with E-state index in [0.717, 1.165) is 0 Å². The third-order valence-electron chi connectivity index (χ3n) is 3.59. The summed E-state index contributed by atoms with van der Waals surface area (Å²) in [6.07, 6.45) is 0.584. The van der Waals surface area contributed by atoms with Gasteiger partial charge in [0.05, 0.1) is 6.54 Å². The van der Waals surface area contributed by atoms with Gasteiger partial charge in [-0.3, -0.25) is 4.79 Å². The zero-order valence-corrected chi connectivity index (χ0v) is 11.9. The van der Waals surface area contributed by atoms with Crippen LogP contribution in [0.3, 0.4) is 0 Å². The molecule has 2 aromatic carbocycles. The standard InChI is InChI=1S/C17H21NO/c1-4-16(19)12-18-17(2,3)15-10-9-13-7-5-6-8-14(13)11-15/h5-11,18H,4,12H2,1-3H3. The first-order valence-corrected chi connectivity index (χ1v) is 6.79. The molecule has 0 fully saturated rings. The molecule has 0 bridgehead atoms. The van der Waals surface area contributed by atoms with Crippen molar-refractivity contribution in [1.82, 2.24) is 5.32 Å². The van der Waals surface area contributed by atoms with E-state index in [-0.39, 0.29) is 11.3 Å². The molecule has 0 saturated heterocycles. The highest BCUT2D eigenvalue weighted by molar-refractivity contribution is 5.83. The van der Waals surface area contributed by atoms with E-state index in [1.807, 2.05) is 19.1 Å². The molecule has 0 aliphatic rings. The van der Waals surface area contributed by atoms with Gasteiger partial charge in [0.2, 0.25) is 0 Å². The molecule has 2 aromatic rings. The summed E-state index contributed by atoms with van der Waals surface area (Å²) in [6, 6.07) is 14.8. The van der Waals surface area contributed by atoms with Crippen LogP contribution >= 0.6 is 0 Å². The highest BCUT2D eigenvalue weighted by Gasteiger charge is 2.20. The summed E-state index contributed by atoms with van der Waals surface area (Å²) in [6.45, 7) is 6.55. The molecule has 1 N–H and O–H groups in total. The number of benzene rings is 2. The van der Waals surface area contributed by atoms with Gasteiger partial charge in [-0.05, 0) is 36.2 Å². The monoisotopic (exact) mass is 255 g/mol. The summed E-state index contributed by atoms with van der Waals surface area (Å²) in [4.78, 5) is 11.4. The lowest BCUT2D eigenvalue weighted by molar-refractivity contribution is -0.118. The lowest BCUT2D eigenvalue weighted by atomic mass is 9.92. The normalized spacial score (nSPS) is 11.7. The first-order valence-electron chi connectivity index (χ1n) is 6.79. The third kappa shape index (κ3) is 3.21. The van der Waals surface area contributed by atoms with Crippen molar-refractivity contribution in [1.29, 1.82) is 0 Å². The fourth-order valence-corrected chi connectivity index (χ4v) is 2.12. The number of nitrogens with one attached hydrogen (secondary N) is 1. The predicted octanol–water partition coefficient (Wildman–Crippen LogP) is 3.64. The highest BCUT2D eigenvalue weighted by Crippen LogP contribution is 2.24. The summed E-state index contributed by atoms with van der Waals surface area (Å²) in [5, 5.41) is 5.82. The largest absolute Gasteiger partial charge is 0.301 e. The van der Waals surface area contributed by atoms with Crippen molar-refractivity contribution in [3.8, 4) is 0 Å². The minimum absolute atomic E-state index is 0.200. The Balaban J connectivity index is 2.24. The molecule has 0 heterocycles. The molecule has 0 aromatic heterocycles. The van der Waals surface area contributed by atoms with Crippen LogP contribution in [0.4, 0.5) is 0 Å². The van der Waals surface area contributed by atoms with Crippen LogP contribution in [0.25, 0.3) is 10.8 Å². The second-order valence-electron chi connectivity index (χ2n) is 5.43. The number of carbonyl (C=O) groups excluding carboxylic acids is 1. The van der Waals surface area contributed by atoms with Crippen molar-refractivity contribution in [2.75, 3.05) is 6.54 Å². The van der Waals surface area contributed by atoms with Gasteiger partial charge in [0, 0.05) is 12.0 Å². The van der Waals surface area contributed by atoms with Crippen molar-refractivity contribution in [2.24, 2.45) is 0 Å². The molecule has 19 heavy (non-hydrogen) atoms. The van der Waals surface area contributed by atoms with Gasteiger partial charge < -0.3 is 5.32 Å². The van der Waals surface area contributed by atoms with E-state index in [1.54, 1.807) is 0 Å². The zero-order chi connectivity index (χ0) is 13.9. The maximum atomic E-state index is 11.4. The Hall–Kier alpha value is -1.67. The van der Waals surface area contributed by atoms with Crippen molar-refractivity contribution >= 4 is 16.6 Å². The number of fused-ring (bicyclic) bond motifs is 1. The second-order valence-corrected chi connectivity index (χ2v) is 5.43. The van der Waals surface area contributed by atoms with Gasteiger partial charge in [-0.15, -0.1) is 0 Å². The lowest BCUT2D eigenvalue weighted by Crippen LogP contribution is -2.39. The second kappa shape index (κ2) is 5.54. The van der Waals surface area contributed by atoms with Crippen molar-refractivity contribution < 1.29 is 4.79 Å². The van der Waals surface area contributed by atoms with Crippen LogP contribution in [0.5, 0.6) is 0 Å². The minimum atomic E-state index is -0.200. The molecule has 0 radical (unpaired) electrons. The maximum absolute atomic E-state index is 11.4. The Bertz CT molecular complexity index is 587. The molecule has 0 unspecified atom stereocenters. The Kier molecular flexibility index (Phi) is 4.01. The van der Waals surface area contributed by atoms with E-state index in [9.17, 15) is 4.79 Å². The smallest absolute Gasteiger partial charge is 0.146 e. The number of hydrogen-bond donors (Lipinski definition) is 1. The Morgan fingerprint density at radius 2 is 1.79 bits per heavy atom. The molecule has 2 heteroatoms. The van der Waals surface area contributed by atoms with Gasteiger partial charge in [-0.1, -0.05) is 43.3 Å². The van der Waals surface area contributed by atoms with E-state index in [4.69, 9.17) is 0 Å². The fourth-order valence-electron chi connectivity index (χ4n) is 2.12. The van der Waals surface area contributed by atoms with E-state index >= 15 is 0 Å². The summed E-state index contributed by atoms with van der Waals surface area (Å²) >= 11 is 0. The van der Waals surface area contributed by atoms with Crippen LogP contribution in [0, 0.1) is 0 Å². The highest BCUT2D eigenvalue weighted by atomic mass is 16.1. The average Bonchev–Trinajstić information content (AvgIpc) is 2.44. The van der Waals surface area contributed by atoms with E-state index in [2.05, 4.69) is 49.5 Å². The molecule has 0 saturated carbocycles. The van der Waals surface area contributed by atoms with Gasteiger partial charge in [-0.2, -0.15) is 0 Å². The average molecular weight is 255 g/mol. The molecular weight excluding hydrogens is 234 g/mol. The Morgan fingerprint density at radius 3 is 2.47 bits per heavy atom. The summed E-state index contributed by atoms with van der Waals surface area (Å²) in [7, 11) is 0. The van der Waals surface area contributed by atoms with Crippen LogP contribution in [0.15, 0.2) is 42.5 Å². The number of rotatable bonds is 5. The van der Waals surface area contributed by atoms with Crippen LogP contribution in [-0.2, 0) is 10.3 Å². The van der Waals surface area contributed by atoms with Gasteiger partial charge in [0.15, 0.2) is 0 Å². The third-order valence-corrected chi connectivity index (χ3v) is 3.59. The van der Waals surface area contributed by atoms with Crippen LogP contribution in [0.1, 0.15) is 32.8 Å². The summed E-state index contributed by atoms with van der Waals surface area (Å²) in [5.74, 6) is 0.244. The molecule has 2 rings (SSSR count). The quantitative estimate of drug-likeness (QED) is 0.883. The number of ketones is 1. The van der Waals surface area contributed by atoms with Crippen molar-refractivity contribution in [3.63, 3.8) is 0 Å². The molecule has 0 spiro atoms. The number of Topliss-reactive ketones (excluding diaryl/α,β-unsaturated/α-hetero) is 1. The molecule has 0 aliphatic heterocycles. The fraction of sp³-hybridized carbons (Fsp3) is 0.353. The zero-order valence-electron chi connectivity index (χ0n) is 11.9. The predicted molar refractivity (Wildman–Crippen MR) is 80.3 cm³/mol. The van der Waals surface area contributed by atoms with E-state index < -0.39 is 0 Å². The molecular formula is C17H21NO. The van der Waals surface area contributed by atoms with Gasteiger partial charge in [0.25, 0.3) is 0 Å². The molecule has 100 valence electrons. The number of carbonyl (C=O) groups is 1. The minimum Gasteiger partial charge on any atom is -0.301 e. The van der Waals surface area contributed by atoms with Crippen LogP contribution < -0.4 is 5.32 Å². The molecule has 2 nitrogen and oxygen atoms in total. The summed E-state index contributed by atoms with van der Waals surface area (Å²) in [5.41, 5.74) is 1.00.